The lowest BCUT2D eigenvalue weighted by Gasteiger charge is -2.07. The van der Waals surface area contributed by atoms with Gasteiger partial charge in [-0.05, 0) is 61.8 Å². The molecule has 2 aromatic heterocycles. The second-order valence-electron chi connectivity index (χ2n) is 6.72. The highest BCUT2D eigenvalue weighted by molar-refractivity contribution is 5.72. The van der Waals surface area contributed by atoms with Gasteiger partial charge in [0.15, 0.2) is 11.2 Å². The average Bonchev–Trinajstić information content (AvgIpc) is 3.17. The Morgan fingerprint density at radius 1 is 1.03 bits per heavy atom. The van der Waals surface area contributed by atoms with E-state index in [-0.39, 0.29) is 6.61 Å². The molecule has 0 spiro atoms. The molecule has 0 saturated carbocycles. The summed E-state index contributed by atoms with van der Waals surface area (Å²) in [5.41, 5.74) is 5.30. The van der Waals surface area contributed by atoms with E-state index in [0.717, 1.165) is 29.9 Å². The lowest BCUT2D eigenvalue weighted by atomic mass is 10.1. The van der Waals surface area contributed by atoms with Crippen LogP contribution in [0.3, 0.4) is 0 Å². The zero-order chi connectivity index (χ0) is 20.1. The standard InChI is InChI=1S/C21H23N7O/c1-22-11-9-15-5-7-17(8-6-15)24-21-23-14-19-20(25-21)28(27-26-19)18-4-2-3-16(13-18)10-12-29/h2-8,13-14,22,29H,9-12H2,1H3,(H,23,24,25). The molecule has 0 unspecified atom stereocenters. The lowest BCUT2D eigenvalue weighted by Crippen LogP contribution is -2.10. The molecule has 0 aliphatic rings. The molecule has 0 fully saturated rings. The highest BCUT2D eigenvalue weighted by Crippen LogP contribution is 2.19. The van der Waals surface area contributed by atoms with Crippen LogP contribution in [0.15, 0.2) is 54.7 Å². The van der Waals surface area contributed by atoms with Gasteiger partial charge in [-0.1, -0.05) is 29.5 Å². The van der Waals surface area contributed by atoms with Crippen molar-refractivity contribution >= 4 is 22.8 Å². The van der Waals surface area contributed by atoms with Crippen LogP contribution in [0.5, 0.6) is 0 Å². The van der Waals surface area contributed by atoms with Gasteiger partial charge in [-0.15, -0.1) is 5.10 Å². The minimum absolute atomic E-state index is 0.103. The quantitative estimate of drug-likeness (QED) is 0.425. The summed E-state index contributed by atoms with van der Waals surface area (Å²) >= 11 is 0. The Kier molecular flexibility index (Phi) is 5.73. The smallest absolute Gasteiger partial charge is 0.229 e. The van der Waals surface area contributed by atoms with Crippen LogP contribution in [0.25, 0.3) is 16.9 Å². The van der Waals surface area contributed by atoms with Gasteiger partial charge in [0.25, 0.3) is 0 Å². The monoisotopic (exact) mass is 389 g/mol. The number of likely N-dealkylation sites (N-methyl/N-ethyl adjacent to an activating group) is 1. The predicted octanol–water partition coefficient (Wildman–Crippen LogP) is 2.25. The molecule has 2 heterocycles. The summed E-state index contributed by atoms with van der Waals surface area (Å²) in [6.07, 6.45) is 3.24. The van der Waals surface area contributed by atoms with E-state index >= 15 is 0 Å². The summed E-state index contributed by atoms with van der Waals surface area (Å²) in [6, 6.07) is 16.1. The van der Waals surface area contributed by atoms with E-state index in [1.165, 1.54) is 5.56 Å². The number of aromatic nitrogens is 5. The highest BCUT2D eigenvalue weighted by Gasteiger charge is 2.11. The van der Waals surface area contributed by atoms with Crippen LogP contribution in [0.4, 0.5) is 11.6 Å². The number of aliphatic hydroxyl groups excluding tert-OH is 1. The third-order valence-corrected chi connectivity index (χ3v) is 4.62. The summed E-state index contributed by atoms with van der Waals surface area (Å²) in [4.78, 5) is 8.96. The van der Waals surface area contributed by atoms with Gasteiger partial charge in [0.1, 0.15) is 0 Å². The van der Waals surface area contributed by atoms with Crippen LogP contribution in [0.1, 0.15) is 11.1 Å². The summed E-state index contributed by atoms with van der Waals surface area (Å²) in [7, 11) is 1.95. The average molecular weight is 389 g/mol. The van der Waals surface area contributed by atoms with Crippen molar-refractivity contribution in [1.82, 2.24) is 30.3 Å². The molecule has 3 N–H and O–H groups in total. The topological polar surface area (TPSA) is 101 Å². The van der Waals surface area contributed by atoms with Crippen molar-refractivity contribution in [3.8, 4) is 5.69 Å². The lowest BCUT2D eigenvalue weighted by molar-refractivity contribution is 0.299. The van der Waals surface area contributed by atoms with Gasteiger partial charge < -0.3 is 15.7 Å². The van der Waals surface area contributed by atoms with Gasteiger partial charge in [-0.3, -0.25) is 0 Å². The molecule has 0 bridgehead atoms. The fourth-order valence-electron chi connectivity index (χ4n) is 3.09. The van der Waals surface area contributed by atoms with Gasteiger partial charge in [0.2, 0.25) is 5.95 Å². The molecule has 4 rings (SSSR count). The number of anilines is 2. The van der Waals surface area contributed by atoms with E-state index in [4.69, 9.17) is 0 Å². The first-order valence-electron chi connectivity index (χ1n) is 9.56. The Bertz CT molecular complexity index is 1090. The molecular weight excluding hydrogens is 366 g/mol. The van der Waals surface area contributed by atoms with Crippen molar-refractivity contribution in [1.29, 1.82) is 0 Å². The molecule has 0 amide bonds. The molecule has 0 radical (unpaired) electrons. The predicted molar refractivity (Wildman–Crippen MR) is 113 cm³/mol. The number of rotatable bonds is 8. The van der Waals surface area contributed by atoms with Crippen molar-refractivity contribution in [2.24, 2.45) is 0 Å². The van der Waals surface area contributed by atoms with Gasteiger partial charge >= 0.3 is 0 Å². The van der Waals surface area contributed by atoms with Crippen molar-refractivity contribution in [3.05, 3.63) is 65.9 Å². The van der Waals surface area contributed by atoms with Crippen LogP contribution < -0.4 is 10.6 Å². The molecule has 0 aliphatic heterocycles. The maximum absolute atomic E-state index is 9.18. The number of nitrogens with zero attached hydrogens (tertiary/aromatic N) is 5. The van der Waals surface area contributed by atoms with E-state index in [2.05, 4.69) is 43.0 Å². The maximum Gasteiger partial charge on any atom is 0.229 e. The molecular formula is C21H23N7O. The Balaban J connectivity index is 1.59. The number of hydrogen-bond donors (Lipinski definition) is 3. The van der Waals surface area contributed by atoms with Crippen LogP contribution in [0, 0.1) is 0 Å². The summed E-state index contributed by atoms with van der Waals surface area (Å²) in [5.74, 6) is 0.482. The molecule has 29 heavy (non-hydrogen) atoms. The van der Waals surface area contributed by atoms with E-state index in [0.29, 0.717) is 23.5 Å². The number of hydrogen-bond acceptors (Lipinski definition) is 7. The Hall–Kier alpha value is -3.36. The first kappa shape index (κ1) is 19.0. The summed E-state index contributed by atoms with van der Waals surface area (Å²) in [6.45, 7) is 1.05. The van der Waals surface area contributed by atoms with Crippen molar-refractivity contribution < 1.29 is 5.11 Å². The van der Waals surface area contributed by atoms with Crippen LogP contribution >= 0.6 is 0 Å². The number of nitrogens with one attached hydrogen (secondary N) is 2. The number of fused-ring (bicyclic) bond motifs is 1. The molecule has 2 aromatic carbocycles. The fourth-order valence-corrected chi connectivity index (χ4v) is 3.09. The molecule has 8 nitrogen and oxygen atoms in total. The van der Waals surface area contributed by atoms with Gasteiger partial charge in [0, 0.05) is 12.3 Å². The summed E-state index contributed by atoms with van der Waals surface area (Å²) < 4.78 is 1.68. The first-order chi connectivity index (χ1) is 14.3. The van der Waals surface area contributed by atoms with Gasteiger partial charge in [-0.2, -0.15) is 9.67 Å². The van der Waals surface area contributed by atoms with Gasteiger partial charge in [-0.25, -0.2) is 4.98 Å². The Morgan fingerprint density at radius 2 is 1.90 bits per heavy atom. The normalized spacial score (nSPS) is 11.1. The Labute approximate surface area is 168 Å². The van der Waals surface area contributed by atoms with Gasteiger partial charge in [0.05, 0.1) is 11.9 Å². The molecule has 148 valence electrons. The van der Waals surface area contributed by atoms with E-state index in [9.17, 15) is 5.11 Å². The van der Waals surface area contributed by atoms with Crippen LogP contribution in [-0.2, 0) is 12.8 Å². The first-order valence-corrected chi connectivity index (χ1v) is 9.56. The second kappa shape index (κ2) is 8.76. The molecule has 4 aromatic rings. The maximum atomic E-state index is 9.18. The van der Waals surface area contributed by atoms with Crippen molar-refractivity contribution in [3.63, 3.8) is 0 Å². The molecule has 0 atom stereocenters. The van der Waals surface area contributed by atoms with Crippen LogP contribution in [-0.4, -0.2) is 50.3 Å². The highest BCUT2D eigenvalue weighted by atomic mass is 16.2. The largest absolute Gasteiger partial charge is 0.396 e. The summed E-state index contributed by atoms with van der Waals surface area (Å²) in [5, 5.41) is 24.0. The minimum Gasteiger partial charge on any atom is -0.396 e. The SMILES string of the molecule is CNCCc1ccc(Nc2ncc3nnn(-c4cccc(CCO)c4)c3n2)cc1. The van der Waals surface area contributed by atoms with Crippen molar-refractivity contribution in [2.75, 3.05) is 25.5 Å². The van der Waals surface area contributed by atoms with E-state index in [1.807, 2.05) is 43.4 Å². The zero-order valence-electron chi connectivity index (χ0n) is 16.2. The van der Waals surface area contributed by atoms with Crippen LogP contribution in [0.2, 0.25) is 0 Å². The Morgan fingerprint density at radius 3 is 2.69 bits per heavy atom. The van der Waals surface area contributed by atoms with Crippen molar-refractivity contribution in [2.45, 2.75) is 12.8 Å². The fraction of sp³-hybridized carbons (Fsp3) is 0.238. The van der Waals surface area contributed by atoms with E-state index < -0.39 is 0 Å². The molecule has 0 aliphatic carbocycles. The third-order valence-electron chi connectivity index (χ3n) is 4.62. The number of aliphatic hydroxyl groups is 1. The number of benzene rings is 2. The molecule has 8 heteroatoms. The molecule has 0 saturated heterocycles. The zero-order valence-corrected chi connectivity index (χ0v) is 16.2. The van der Waals surface area contributed by atoms with E-state index in [1.54, 1.807) is 10.9 Å². The minimum atomic E-state index is 0.103. The second-order valence-corrected chi connectivity index (χ2v) is 6.72. The third kappa shape index (κ3) is 4.39.